The van der Waals surface area contributed by atoms with Crippen LogP contribution in [0.2, 0.25) is 0 Å². The highest BCUT2D eigenvalue weighted by atomic mass is 32.2. The summed E-state index contributed by atoms with van der Waals surface area (Å²) in [6.07, 6.45) is 4.33. The van der Waals surface area contributed by atoms with Gasteiger partial charge >= 0.3 is 0 Å². The fourth-order valence-corrected chi connectivity index (χ4v) is 3.79. The average Bonchev–Trinajstić information content (AvgIpc) is 3.10. The van der Waals surface area contributed by atoms with E-state index in [2.05, 4.69) is 10.3 Å². The quantitative estimate of drug-likeness (QED) is 0.644. The minimum absolute atomic E-state index is 0.0338. The van der Waals surface area contributed by atoms with E-state index in [1.54, 1.807) is 0 Å². The molecule has 0 spiro atoms. The van der Waals surface area contributed by atoms with Crippen molar-refractivity contribution in [2.75, 3.05) is 20.1 Å². The highest BCUT2D eigenvalue weighted by molar-refractivity contribution is 7.89. The molecule has 0 saturated carbocycles. The standard InChI is InChI=1S/C19H19N5O3S/c1-23(28(26,27)17-7-5-15(12-20)6-8-17)14-19(25)21-10-9-16-13-24-11-3-2-4-18(24)22-16/h2-8,11,13H,9-10,14H2,1H3,(H,21,25). The molecule has 144 valence electrons. The molecule has 1 amide bonds. The molecule has 8 nitrogen and oxygen atoms in total. The SMILES string of the molecule is CN(CC(=O)NCCc1cn2ccccc2n1)S(=O)(=O)c1ccc(C#N)cc1. The fourth-order valence-electron chi connectivity index (χ4n) is 2.66. The van der Waals surface area contributed by atoms with Crippen LogP contribution in [0.3, 0.4) is 0 Å². The molecule has 28 heavy (non-hydrogen) atoms. The van der Waals surface area contributed by atoms with Crippen LogP contribution in [0.5, 0.6) is 0 Å². The molecule has 3 rings (SSSR count). The lowest BCUT2D eigenvalue weighted by molar-refractivity contribution is -0.121. The number of carbonyl (C=O) groups excluding carboxylic acids is 1. The lowest BCUT2D eigenvalue weighted by atomic mass is 10.2. The molecule has 9 heteroatoms. The van der Waals surface area contributed by atoms with E-state index in [4.69, 9.17) is 5.26 Å². The second-order valence-electron chi connectivity index (χ2n) is 6.20. The zero-order valence-corrected chi connectivity index (χ0v) is 16.1. The maximum atomic E-state index is 12.5. The maximum absolute atomic E-state index is 12.5. The van der Waals surface area contributed by atoms with Crippen LogP contribution in [0.15, 0.2) is 59.8 Å². The first-order valence-electron chi connectivity index (χ1n) is 8.56. The van der Waals surface area contributed by atoms with Gasteiger partial charge in [-0.15, -0.1) is 0 Å². The van der Waals surface area contributed by atoms with E-state index in [0.29, 0.717) is 18.5 Å². The van der Waals surface area contributed by atoms with Crippen molar-refractivity contribution in [1.29, 1.82) is 5.26 Å². The number of carbonyl (C=O) groups is 1. The van der Waals surface area contributed by atoms with Gasteiger partial charge in [0.25, 0.3) is 0 Å². The molecule has 0 radical (unpaired) electrons. The van der Waals surface area contributed by atoms with E-state index in [-0.39, 0.29) is 11.4 Å². The predicted molar refractivity (Wildman–Crippen MR) is 103 cm³/mol. The first kappa shape index (κ1) is 19.5. The van der Waals surface area contributed by atoms with Crippen molar-refractivity contribution in [3.05, 3.63) is 66.1 Å². The van der Waals surface area contributed by atoms with E-state index in [1.165, 1.54) is 31.3 Å². The molecule has 0 aliphatic carbocycles. The van der Waals surface area contributed by atoms with E-state index in [9.17, 15) is 13.2 Å². The van der Waals surface area contributed by atoms with Crippen LogP contribution in [0.4, 0.5) is 0 Å². The van der Waals surface area contributed by atoms with Crippen LogP contribution in [0, 0.1) is 11.3 Å². The number of hydrogen-bond acceptors (Lipinski definition) is 5. The van der Waals surface area contributed by atoms with Gasteiger partial charge in [0.1, 0.15) is 5.65 Å². The number of nitrogens with one attached hydrogen (secondary N) is 1. The summed E-state index contributed by atoms with van der Waals surface area (Å²) in [5.41, 5.74) is 2.04. The number of pyridine rings is 1. The molecule has 1 N–H and O–H groups in total. The summed E-state index contributed by atoms with van der Waals surface area (Å²) in [7, 11) is -2.46. The molecule has 0 bridgehead atoms. The van der Waals surface area contributed by atoms with Gasteiger partial charge in [0.2, 0.25) is 15.9 Å². The van der Waals surface area contributed by atoms with Gasteiger partial charge in [0.05, 0.1) is 28.8 Å². The highest BCUT2D eigenvalue weighted by Gasteiger charge is 2.22. The molecular weight excluding hydrogens is 378 g/mol. The summed E-state index contributed by atoms with van der Waals surface area (Å²) in [4.78, 5) is 16.6. The summed E-state index contributed by atoms with van der Waals surface area (Å²) in [6, 6.07) is 13.2. The van der Waals surface area contributed by atoms with Crippen LogP contribution in [-0.4, -0.2) is 48.2 Å². The molecular formula is C19H19N5O3S. The van der Waals surface area contributed by atoms with E-state index < -0.39 is 15.9 Å². The predicted octanol–water partition coefficient (Wildman–Crippen LogP) is 1.19. The topological polar surface area (TPSA) is 108 Å². The monoisotopic (exact) mass is 397 g/mol. The van der Waals surface area contributed by atoms with Crippen molar-refractivity contribution in [2.45, 2.75) is 11.3 Å². The molecule has 1 aromatic carbocycles. The Morgan fingerprint density at radius 2 is 2.00 bits per heavy atom. The van der Waals surface area contributed by atoms with Crippen molar-refractivity contribution in [3.8, 4) is 6.07 Å². The van der Waals surface area contributed by atoms with Crippen molar-refractivity contribution in [3.63, 3.8) is 0 Å². The van der Waals surface area contributed by atoms with Gasteiger partial charge in [0, 0.05) is 32.4 Å². The normalized spacial score (nSPS) is 11.5. The van der Waals surface area contributed by atoms with Crippen LogP contribution >= 0.6 is 0 Å². The van der Waals surface area contributed by atoms with Crippen LogP contribution in [-0.2, 0) is 21.2 Å². The Bertz CT molecular complexity index is 1100. The Labute approximate surface area is 163 Å². The van der Waals surface area contributed by atoms with Gasteiger partial charge in [-0.25, -0.2) is 13.4 Å². The number of aromatic nitrogens is 2. The van der Waals surface area contributed by atoms with Crippen molar-refractivity contribution in [1.82, 2.24) is 19.0 Å². The summed E-state index contributed by atoms with van der Waals surface area (Å²) >= 11 is 0. The van der Waals surface area contributed by atoms with E-state index in [0.717, 1.165) is 15.6 Å². The summed E-state index contributed by atoms with van der Waals surface area (Å²) in [5, 5.41) is 11.5. The zero-order valence-electron chi connectivity index (χ0n) is 15.2. The number of fused-ring (bicyclic) bond motifs is 1. The van der Waals surface area contributed by atoms with Crippen molar-refractivity contribution >= 4 is 21.6 Å². The van der Waals surface area contributed by atoms with Crippen molar-refractivity contribution in [2.24, 2.45) is 0 Å². The Hall–Kier alpha value is -3.22. The van der Waals surface area contributed by atoms with Gasteiger partial charge in [0.15, 0.2) is 0 Å². The van der Waals surface area contributed by atoms with Gasteiger partial charge in [-0.05, 0) is 36.4 Å². The molecule has 0 saturated heterocycles. The largest absolute Gasteiger partial charge is 0.355 e. The van der Waals surface area contributed by atoms with Crippen LogP contribution < -0.4 is 5.32 Å². The fraction of sp³-hybridized carbons (Fsp3) is 0.211. The molecule has 2 aromatic heterocycles. The van der Waals surface area contributed by atoms with Crippen LogP contribution in [0.25, 0.3) is 5.65 Å². The summed E-state index contributed by atoms with van der Waals surface area (Å²) in [6.45, 7) is 0.0565. The highest BCUT2D eigenvalue weighted by Crippen LogP contribution is 2.14. The lowest BCUT2D eigenvalue weighted by Gasteiger charge is -2.16. The van der Waals surface area contributed by atoms with Gasteiger partial charge in [-0.2, -0.15) is 9.57 Å². The lowest BCUT2D eigenvalue weighted by Crippen LogP contribution is -2.39. The summed E-state index contributed by atoms with van der Waals surface area (Å²) < 4.78 is 27.9. The van der Waals surface area contributed by atoms with Crippen LogP contribution in [0.1, 0.15) is 11.3 Å². The molecule has 0 aliphatic heterocycles. The third kappa shape index (κ3) is 4.36. The smallest absolute Gasteiger partial charge is 0.243 e. The first-order chi connectivity index (χ1) is 13.4. The molecule has 3 aromatic rings. The van der Waals surface area contributed by atoms with Crippen molar-refractivity contribution < 1.29 is 13.2 Å². The number of likely N-dealkylation sites (N-methyl/N-ethyl adjacent to an activating group) is 1. The number of imidazole rings is 1. The first-order valence-corrected chi connectivity index (χ1v) is 10.00. The Balaban J connectivity index is 1.53. The molecule has 0 unspecified atom stereocenters. The minimum Gasteiger partial charge on any atom is -0.355 e. The summed E-state index contributed by atoms with van der Waals surface area (Å²) in [5.74, 6) is -0.400. The third-order valence-corrected chi connectivity index (χ3v) is 5.99. The zero-order chi connectivity index (χ0) is 20.1. The van der Waals surface area contributed by atoms with E-state index >= 15 is 0 Å². The Morgan fingerprint density at radius 1 is 1.25 bits per heavy atom. The number of amides is 1. The Kier molecular flexibility index (Phi) is 5.73. The number of rotatable bonds is 7. The number of nitriles is 1. The average molecular weight is 397 g/mol. The number of sulfonamides is 1. The van der Waals surface area contributed by atoms with Gasteiger partial charge in [-0.1, -0.05) is 6.07 Å². The second kappa shape index (κ2) is 8.21. The maximum Gasteiger partial charge on any atom is 0.243 e. The third-order valence-electron chi connectivity index (χ3n) is 4.18. The Morgan fingerprint density at radius 3 is 2.68 bits per heavy atom. The molecule has 0 aliphatic rings. The molecule has 0 fully saturated rings. The number of hydrogen-bond donors (Lipinski definition) is 1. The van der Waals surface area contributed by atoms with Gasteiger partial charge < -0.3 is 9.72 Å². The van der Waals surface area contributed by atoms with Gasteiger partial charge in [-0.3, -0.25) is 4.79 Å². The van der Waals surface area contributed by atoms with E-state index in [1.807, 2.05) is 41.1 Å². The number of nitrogens with zero attached hydrogens (tertiary/aromatic N) is 4. The number of benzene rings is 1. The molecule has 0 atom stereocenters. The minimum atomic E-state index is -3.81. The molecule has 2 heterocycles. The second-order valence-corrected chi connectivity index (χ2v) is 8.24.